The highest BCUT2D eigenvalue weighted by atomic mass is 19.1. The molecule has 0 spiro atoms. The first kappa shape index (κ1) is 26.7. The Bertz CT molecular complexity index is 1180. The van der Waals surface area contributed by atoms with Crippen LogP contribution in [0.3, 0.4) is 0 Å². The summed E-state index contributed by atoms with van der Waals surface area (Å²) in [6.45, 7) is 8.53. The van der Waals surface area contributed by atoms with Crippen LogP contribution in [0, 0.1) is 0 Å². The number of aryl methyl sites for hydroxylation is 1. The summed E-state index contributed by atoms with van der Waals surface area (Å²) in [5.74, 6) is 1.72. The van der Waals surface area contributed by atoms with Crippen molar-refractivity contribution in [3.63, 3.8) is 0 Å². The van der Waals surface area contributed by atoms with Gasteiger partial charge in [0.1, 0.15) is 11.9 Å². The van der Waals surface area contributed by atoms with Crippen molar-refractivity contribution < 1.29 is 13.9 Å². The first-order valence-corrected chi connectivity index (χ1v) is 13.2. The molecule has 0 radical (unpaired) electrons. The SMILES string of the molecule is C=C/C(=C\C=C(/C)O[C@H]1CCN(CCCF)C1)C1=C(c2ccc(OC)cc2)CCCc2cc(N)ccc21. The Labute approximate surface area is 221 Å². The van der Waals surface area contributed by atoms with Crippen LogP contribution in [0.25, 0.3) is 11.1 Å². The number of benzene rings is 2. The Morgan fingerprint density at radius 2 is 1.97 bits per heavy atom. The number of alkyl halides is 1. The number of anilines is 1. The number of ether oxygens (including phenoxy) is 2. The summed E-state index contributed by atoms with van der Waals surface area (Å²) >= 11 is 0. The Morgan fingerprint density at radius 3 is 2.70 bits per heavy atom. The zero-order valence-corrected chi connectivity index (χ0v) is 22.1. The van der Waals surface area contributed by atoms with E-state index in [9.17, 15) is 4.39 Å². The van der Waals surface area contributed by atoms with E-state index < -0.39 is 0 Å². The van der Waals surface area contributed by atoms with E-state index in [0.29, 0.717) is 6.42 Å². The minimum Gasteiger partial charge on any atom is -0.497 e. The van der Waals surface area contributed by atoms with Crippen molar-refractivity contribution in [3.05, 3.63) is 95.3 Å². The molecule has 2 N–H and O–H groups in total. The van der Waals surface area contributed by atoms with Crippen LogP contribution in [-0.4, -0.2) is 44.4 Å². The lowest BCUT2D eigenvalue weighted by Gasteiger charge is -2.18. The Hall–Kier alpha value is -3.31. The minimum absolute atomic E-state index is 0.145. The molecule has 1 heterocycles. The van der Waals surface area contributed by atoms with E-state index in [1.807, 2.05) is 37.3 Å². The predicted molar refractivity (Wildman–Crippen MR) is 152 cm³/mol. The van der Waals surface area contributed by atoms with Gasteiger partial charge in [0.25, 0.3) is 0 Å². The number of methoxy groups -OCH3 is 1. The fourth-order valence-electron chi connectivity index (χ4n) is 5.36. The number of fused-ring (bicyclic) bond motifs is 1. The molecule has 0 amide bonds. The van der Waals surface area contributed by atoms with Gasteiger partial charge in [-0.15, -0.1) is 0 Å². The Kier molecular flexibility index (Phi) is 9.24. The number of nitrogens with zero attached hydrogens (tertiary/aromatic N) is 1. The van der Waals surface area contributed by atoms with Gasteiger partial charge in [0, 0.05) is 25.3 Å². The summed E-state index contributed by atoms with van der Waals surface area (Å²) < 4.78 is 24.2. The minimum atomic E-state index is -0.264. The second-order valence-electron chi connectivity index (χ2n) is 9.83. The summed E-state index contributed by atoms with van der Waals surface area (Å²) in [6, 6.07) is 14.5. The van der Waals surface area contributed by atoms with E-state index in [2.05, 4.69) is 41.8 Å². The average Bonchev–Trinajstić information content (AvgIpc) is 3.27. The number of hydrogen-bond acceptors (Lipinski definition) is 4. The van der Waals surface area contributed by atoms with Crippen LogP contribution < -0.4 is 10.5 Å². The summed E-state index contributed by atoms with van der Waals surface area (Å²) in [6.07, 6.45) is 10.8. The maximum absolute atomic E-state index is 12.5. The zero-order chi connectivity index (χ0) is 26.2. The fourth-order valence-corrected chi connectivity index (χ4v) is 5.36. The van der Waals surface area contributed by atoms with Crippen LogP contribution in [0.15, 0.2) is 78.6 Å². The summed E-state index contributed by atoms with van der Waals surface area (Å²) in [5.41, 5.74) is 14.1. The molecule has 1 fully saturated rings. The zero-order valence-electron chi connectivity index (χ0n) is 22.1. The van der Waals surface area contributed by atoms with Crippen LogP contribution in [0.4, 0.5) is 10.1 Å². The molecule has 5 heteroatoms. The van der Waals surface area contributed by atoms with Gasteiger partial charge in [0.2, 0.25) is 0 Å². The van der Waals surface area contributed by atoms with Crippen molar-refractivity contribution in [2.75, 3.05) is 39.2 Å². The van der Waals surface area contributed by atoms with Crippen molar-refractivity contribution in [1.82, 2.24) is 4.90 Å². The molecule has 196 valence electrons. The molecule has 4 nitrogen and oxygen atoms in total. The van der Waals surface area contributed by atoms with Gasteiger partial charge < -0.3 is 15.2 Å². The normalized spacial score (nSPS) is 18.9. The first-order valence-electron chi connectivity index (χ1n) is 13.2. The van der Waals surface area contributed by atoms with Gasteiger partial charge in [-0.05, 0) is 103 Å². The lowest BCUT2D eigenvalue weighted by molar-refractivity contribution is 0.121. The van der Waals surface area contributed by atoms with Crippen LogP contribution in [0.2, 0.25) is 0 Å². The first-order chi connectivity index (χ1) is 18.0. The quantitative estimate of drug-likeness (QED) is 0.216. The third kappa shape index (κ3) is 6.72. The third-order valence-corrected chi connectivity index (χ3v) is 7.21. The number of hydrogen-bond donors (Lipinski definition) is 1. The van der Waals surface area contributed by atoms with Crippen LogP contribution in [0.5, 0.6) is 5.75 Å². The van der Waals surface area contributed by atoms with E-state index in [1.54, 1.807) is 7.11 Å². The molecule has 37 heavy (non-hydrogen) atoms. The van der Waals surface area contributed by atoms with Gasteiger partial charge >= 0.3 is 0 Å². The van der Waals surface area contributed by atoms with Gasteiger partial charge in [-0.25, -0.2) is 0 Å². The summed E-state index contributed by atoms with van der Waals surface area (Å²) in [7, 11) is 1.69. The lowest BCUT2D eigenvalue weighted by Crippen LogP contribution is -2.24. The van der Waals surface area contributed by atoms with Crippen molar-refractivity contribution >= 4 is 16.8 Å². The van der Waals surface area contributed by atoms with E-state index in [0.717, 1.165) is 68.1 Å². The summed E-state index contributed by atoms with van der Waals surface area (Å²) in [4.78, 5) is 2.28. The smallest absolute Gasteiger partial charge is 0.118 e. The molecule has 1 saturated heterocycles. The van der Waals surface area contributed by atoms with E-state index in [1.165, 1.54) is 27.8 Å². The number of rotatable bonds is 10. The van der Waals surface area contributed by atoms with Gasteiger partial charge in [0.15, 0.2) is 0 Å². The maximum Gasteiger partial charge on any atom is 0.118 e. The van der Waals surface area contributed by atoms with Crippen molar-refractivity contribution in [3.8, 4) is 5.75 Å². The monoisotopic (exact) mass is 502 g/mol. The van der Waals surface area contributed by atoms with E-state index in [4.69, 9.17) is 15.2 Å². The molecule has 2 aliphatic rings. The average molecular weight is 503 g/mol. The van der Waals surface area contributed by atoms with E-state index >= 15 is 0 Å². The largest absolute Gasteiger partial charge is 0.497 e. The van der Waals surface area contributed by atoms with Gasteiger partial charge in [-0.1, -0.05) is 36.9 Å². The van der Waals surface area contributed by atoms with Gasteiger partial charge in [-0.2, -0.15) is 0 Å². The topological polar surface area (TPSA) is 47.7 Å². The molecular weight excluding hydrogens is 463 g/mol. The number of halogens is 1. The molecule has 1 aliphatic heterocycles. The Balaban J connectivity index is 1.67. The molecule has 2 aromatic rings. The molecule has 1 aliphatic carbocycles. The highest BCUT2D eigenvalue weighted by Crippen LogP contribution is 2.41. The van der Waals surface area contributed by atoms with Crippen LogP contribution >= 0.6 is 0 Å². The standard InChI is InChI=1S/C32H39FN2O2/c1-4-24(10-9-23(2)37-29-17-20-35(22-29)19-6-18-33)32-30(25-11-14-28(36-3)15-12-25)8-5-7-26-21-27(34)13-16-31(26)32/h4,9-16,21,29H,1,5-8,17-20,22,34H2,2-3H3/b23-9+,24-10+/t29-/m0/s1. The number of likely N-dealkylation sites (tertiary alicyclic amines) is 1. The van der Waals surface area contributed by atoms with E-state index in [-0.39, 0.29) is 12.8 Å². The second-order valence-corrected chi connectivity index (χ2v) is 9.83. The van der Waals surface area contributed by atoms with Crippen LogP contribution in [0.1, 0.15) is 49.3 Å². The number of nitrogen functional groups attached to an aromatic ring is 1. The highest BCUT2D eigenvalue weighted by Gasteiger charge is 2.24. The van der Waals surface area contributed by atoms with Gasteiger partial charge in [0.05, 0.1) is 19.5 Å². The molecule has 0 unspecified atom stereocenters. The maximum atomic E-state index is 12.5. The highest BCUT2D eigenvalue weighted by molar-refractivity contribution is 6.01. The Morgan fingerprint density at radius 1 is 1.16 bits per heavy atom. The van der Waals surface area contributed by atoms with Crippen molar-refractivity contribution in [2.24, 2.45) is 0 Å². The van der Waals surface area contributed by atoms with Crippen LogP contribution in [-0.2, 0) is 11.2 Å². The van der Waals surface area contributed by atoms with Crippen molar-refractivity contribution in [2.45, 2.75) is 45.1 Å². The number of allylic oxidation sites excluding steroid dienone is 7. The summed E-state index contributed by atoms with van der Waals surface area (Å²) in [5, 5.41) is 0. The molecule has 0 bridgehead atoms. The molecule has 0 saturated carbocycles. The molecular formula is C32H39FN2O2. The second kappa shape index (κ2) is 12.8. The van der Waals surface area contributed by atoms with Crippen molar-refractivity contribution in [1.29, 1.82) is 0 Å². The molecule has 0 aromatic heterocycles. The third-order valence-electron chi connectivity index (χ3n) is 7.21. The molecule has 1 atom stereocenters. The lowest BCUT2D eigenvalue weighted by atomic mass is 9.87. The molecule has 4 rings (SSSR count). The van der Waals surface area contributed by atoms with Gasteiger partial charge in [-0.3, -0.25) is 9.29 Å². The molecule has 2 aromatic carbocycles. The fraction of sp³-hybridized carbons (Fsp3) is 0.375. The predicted octanol–water partition coefficient (Wildman–Crippen LogP) is 6.99. The number of nitrogens with two attached hydrogens (primary N) is 1.